The van der Waals surface area contributed by atoms with Crippen molar-refractivity contribution < 1.29 is 9.52 Å². The molecule has 0 fully saturated rings. The molecule has 0 spiro atoms. The lowest BCUT2D eigenvalue weighted by molar-refractivity contribution is 0.432. The Labute approximate surface area is 142 Å². The number of aryl methyl sites for hydroxylation is 1. The third kappa shape index (κ3) is 3.36. The van der Waals surface area contributed by atoms with Gasteiger partial charge in [-0.2, -0.15) is 5.10 Å². The number of nitrogens with one attached hydrogen (secondary N) is 1. The third-order valence-electron chi connectivity index (χ3n) is 3.31. The van der Waals surface area contributed by atoms with Crippen LogP contribution in [0.1, 0.15) is 18.2 Å². The van der Waals surface area contributed by atoms with Crippen LogP contribution in [0.25, 0.3) is 11.3 Å². The fourth-order valence-electron chi connectivity index (χ4n) is 2.18. The minimum atomic E-state index is -0.625. The molecule has 122 valence electrons. The number of benzene rings is 1. The van der Waals surface area contributed by atoms with Gasteiger partial charge in [-0.3, -0.25) is 5.43 Å². The van der Waals surface area contributed by atoms with Crippen LogP contribution in [0.15, 0.2) is 56.1 Å². The van der Waals surface area contributed by atoms with Crippen molar-refractivity contribution in [3.05, 3.63) is 63.5 Å². The molecule has 0 bridgehead atoms. The summed E-state index contributed by atoms with van der Waals surface area (Å²) in [6.07, 6.45) is 0. The number of hydrazone groups is 1. The van der Waals surface area contributed by atoms with E-state index in [9.17, 15) is 9.90 Å². The lowest BCUT2D eigenvalue weighted by Crippen LogP contribution is -2.14. The molecular weight excluding hydrogens is 326 g/mol. The second-order valence-electron chi connectivity index (χ2n) is 5.12. The number of hydrogen-bond donors (Lipinski definition) is 2. The zero-order chi connectivity index (χ0) is 17.1. The van der Waals surface area contributed by atoms with E-state index >= 15 is 0 Å². The average molecular weight is 341 g/mol. The highest BCUT2D eigenvalue weighted by molar-refractivity contribution is 7.14. The van der Waals surface area contributed by atoms with Crippen LogP contribution in [-0.4, -0.2) is 15.8 Å². The molecule has 0 saturated carbocycles. The first-order valence-corrected chi connectivity index (χ1v) is 8.08. The predicted molar refractivity (Wildman–Crippen MR) is 94.8 cm³/mol. The Hall–Kier alpha value is -2.93. The summed E-state index contributed by atoms with van der Waals surface area (Å²) in [5.41, 5.74) is 4.39. The fraction of sp³-hybridized carbons (Fsp3) is 0.118. The Morgan fingerprint density at radius 2 is 2.08 bits per heavy atom. The van der Waals surface area contributed by atoms with Crippen LogP contribution >= 0.6 is 11.3 Å². The van der Waals surface area contributed by atoms with Gasteiger partial charge >= 0.3 is 5.63 Å². The van der Waals surface area contributed by atoms with Gasteiger partial charge in [0.2, 0.25) is 5.13 Å². The molecule has 2 aromatic heterocycles. The molecule has 0 aliphatic carbocycles. The number of nitrogens with zero attached hydrogens (tertiary/aromatic N) is 2. The zero-order valence-corrected chi connectivity index (χ0v) is 13.9. The highest BCUT2D eigenvalue weighted by atomic mass is 32.1. The Morgan fingerprint density at radius 3 is 2.79 bits per heavy atom. The molecule has 0 unspecified atom stereocenters. The van der Waals surface area contributed by atoms with Crippen LogP contribution in [0, 0.1) is 6.92 Å². The van der Waals surface area contributed by atoms with Gasteiger partial charge in [0, 0.05) is 17.0 Å². The van der Waals surface area contributed by atoms with E-state index < -0.39 is 5.63 Å². The number of aromatic nitrogens is 1. The quantitative estimate of drug-likeness (QED) is 0.559. The van der Waals surface area contributed by atoms with Crippen molar-refractivity contribution in [2.24, 2.45) is 5.10 Å². The largest absolute Gasteiger partial charge is 0.507 e. The van der Waals surface area contributed by atoms with Gasteiger partial charge in [-0.1, -0.05) is 30.3 Å². The van der Waals surface area contributed by atoms with Crippen molar-refractivity contribution >= 4 is 22.2 Å². The predicted octanol–water partition coefficient (Wildman–Crippen LogP) is 3.61. The smallest absolute Gasteiger partial charge is 0.348 e. The maximum absolute atomic E-state index is 11.9. The minimum Gasteiger partial charge on any atom is -0.507 e. The number of thiazole rings is 1. The van der Waals surface area contributed by atoms with Crippen molar-refractivity contribution in [2.45, 2.75) is 13.8 Å². The standard InChI is InChI=1S/C17H15N3O3S/c1-10-8-14(21)15(16(22)23-10)11(2)19-20-17-18-13(9-24-17)12-6-4-3-5-7-12/h3-9,21H,1-2H3,(H,18,20)/b19-11-. The van der Waals surface area contributed by atoms with Crippen LogP contribution in [0.4, 0.5) is 5.13 Å². The van der Waals surface area contributed by atoms with Crippen molar-refractivity contribution in [1.82, 2.24) is 4.98 Å². The van der Waals surface area contributed by atoms with E-state index in [1.165, 1.54) is 17.4 Å². The molecule has 0 radical (unpaired) electrons. The topological polar surface area (TPSA) is 87.7 Å². The van der Waals surface area contributed by atoms with Crippen LogP contribution in [0.3, 0.4) is 0 Å². The summed E-state index contributed by atoms with van der Waals surface area (Å²) >= 11 is 1.40. The van der Waals surface area contributed by atoms with Crippen LogP contribution in [-0.2, 0) is 0 Å². The first-order valence-electron chi connectivity index (χ1n) is 7.20. The summed E-state index contributed by atoms with van der Waals surface area (Å²) in [7, 11) is 0. The fourth-order valence-corrected chi connectivity index (χ4v) is 2.84. The van der Waals surface area contributed by atoms with Crippen molar-refractivity contribution in [3.8, 4) is 17.0 Å². The second-order valence-corrected chi connectivity index (χ2v) is 5.98. The lowest BCUT2D eigenvalue weighted by atomic mass is 10.2. The maximum atomic E-state index is 11.9. The average Bonchev–Trinajstić information content (AvgIpc) is 3.02. The first kappa shape index (κ1) is 15.9. The monoisotopic (exact) mass is 341 g/mol. The van der Waals surface area contributed by atoms with Crippen molar-refractivity contribution in [3.63, 3.8) is 0 Å². The Bertz CT molecular complexity index is 945. The Kier molecular flexibility index (Phi) is 4.43. The summed E-state index contributed by atoms with van der Waals surface area (Å²) in [4.78, 5) is 16.3. The van der Waals surface area contributed by atoms with Gasteiger partial charge in [0.05, 0.1) is 11.4 Å². The van der Waals surface area contributed by atoms with Gasteiger partial charge in [-0.05, 0) is 13.8 Å². The second kappa shape index (κ2) is 6.67. The number of anilines is 1. The van der Waals surface area contributed by atoms with E-state index in [0.717, 1.165) is 11.3 Å². The van der Waals surface area contributed by atoms with Gasteiger partial charge in [-0.25, -0.2) is 9.78 Å². The van der Waals surface area contributed by atoms with Gasteiger partial charge in [0.1, 0.15) is 17.1 Å². The van der Waals surface area contributed by atoms with E-state index in [0.29, 0.717) is 16.6 Å². The number of aromatic hydroxyl groups is 1. The molecule has 3 rings (SSSR count). The molecule has 6 nitrogen and oxygen atoms in total. The molecule has 1 aromatic carbocycles. The molecule has 0 amide bonds. The third-order valence-corrected chi connectivity index (χ3v) is 4.06. The first-order chi connectivity index (χ1) is 11.5. The van der Waals surface area contributed by atoms with E-state index in [1.807, 2.05) is 35.7 Å². The molecule has 2 N–H and O–H groups in total. The van der Waals surface area contributed by atoms with Crippen LogP contribution < -0.4 is 11.1 Å². The van der Waals surface area contributed by atoms with Crippen molar-refractivity contribution in [1.29, 1.82) is 0 Å². The van der Waals surface area contributed by atoms with E-state index in [1.54, 1.807) is 13.8 Å². The van der Waals surface area contributed by atoms with Gasteiger partial charge in [0.15, 0.2) is 0 Å². The van der Waals surface area contributed by atoms with Crippen LogP contribution in [0.5, 0.6) is 5.75 Å². The minimum absolute atomic E-state index is 0.0351. The molecule has 0 aliphatic heterocycles. The lowest BCUT2D eigenvalue weighted by Gasteiger charge is -2.03. The SMILES string of the molecule is C/C(=N/Nc1nc(-c2ccccc2)cs1)c1c(O)cc(C)oc1=O. The summed E-state index contributed by atoms with van der Waals surface area (Å²) in [6, 6.07) is 11.2. The molecule has 0 saturated heterocycles. The van der Waals surface area contributed by atoms with E-state index in [2.05, 4.69) is 15.5 Å². The summed E-state index contributed by atoms with van der Waals surface area (Å²) in [6.45, 7) is 3.20. The van der Waals surface area contributed by atoms with Gasteiger partial charge in [-0.15, -0.1) is 11.3 Å². The molecule has 24 heavy (non-hydrogen) atoms. The molecular formula is C17H15N3O3S. The normalized spacial score (nSPS) is 11.5. The van der Waals surface area contributed by atoms with E-state index in [-0.39, 0.29) is 11.3 Å². The molecule has 0 atom stereocenters. The molecule has 2 heterocycles. The Balaban J connectivity index is 1.82. The number of rotatable bonds is 4. The highest BCUT2D eigenvalue weighted by Gasteiger charge is 2.13. The summed E-state index contributed by atoms with van der Waals surface area (Å²) < 4.78 is 4.99. The molecule has 0 aliphatic rings. The summed E-state index contributed by atoms with van der Waals surface area (Å²) in [5.74, 6) is 0.186. The molecule has 7 heteroatoms. The molecule has 3 aromatic rings. The van der Waals surface area contributed by atoms with Gasteiger partial charge in [0.25, 0.3) is 0 Å². The summed E-state index contributed by atoms with van der Waals surface area (Å²) in [5, 5.41) is 16.5. The number of hydrogen-bond acceptors (Lipinski definition) is 7. The zero-order valence-electron chi connectivity index (χ0n) is 13.1. The van der Waals surface area contributed by atoms with Crippen molar-refractivity contribution in [2.75, 3.05) is 5.43 Å². The maximum Gasteiger partial charge on any atom is 0.348 e. The van der Waals surface area contributed by atoms with E-state index in [4.69, 9.17) is 4.42 Å². The Morgan fingerprint density at radius 1 is 1.33 bits per heavy atom. The highest BCUT2D eigenvalue weighted by Crippen LogP contribution is 2.24. The van der Waals surface area contributed by atoms with Crippen LogP contribution in [0.2, 0.25) is 0 Å². The van der Waals surface area contributed by atoms with Gasteiger partial charge < -0.3 is 9.52 Å².